The second-order valence-electron chi connectivity index (χ2n) is 2.63. The van der Waals surface area contributed by atoms with E-state index in [9.17, 15) is 4.39 Å². The number of aromatic nitrogens is 1. The Morgan fingerprint density at radius 3 is 2.82 bits per heavy atom. The first-order valence-electron chi connectivity index (χ1n) is 3.63. The Bertz CT molecular complexity index is 243. The van der Waals surface area contributed by atoms with E-state index in [2.05, 4.69) is 4.98 Å². The molecule has 1 aromatic rings. The van der Waals surface area contributed by atoms with Gasteiger partial charge in [-0.15, -0.1) is 0 Å². The SMILES string of the molecule is Fc1ccc(OC2CC2)cn1. The van der Waals surface area contributed by atoms with Gasteiger partial charge in [0.2, 0.25) is 5.95 Å². The molecule has 0 aliphatic heterocycles. The highest BCUT2D eigenvalue weighted by molar-refractivity contribution is 5.17. The van der Waals surface area contributed by atoms with E-state index in [0.717, 1.165) is 12.8 Å². The van der Waals surface area contributed by atoms with Gasteiger partial charge in [-0.05, 0) is 25.0 Å². The average Bonchev–Trinajstić information content (AvgIpc) is 2.78. The molecule has 1 aliphatic rings. The first kappa shape index (κ1) is 6.58. The van der Waals surface area contributed by atoms with E-state index >= 15 is 0 Å². The van der Waals surface area contributed by atoms with Crippen LogP contribution in [0.1, 0.15) is 12.8 Å². The van der Waals surface area contributed by atoms with E-state index in [1.54, 1.807) is 6.07 Å². The summed E-state index contributed by atoms with van der Waals surface area (Å²) in [5.74, 6) is 0.196. The number of nitrogens with zero attached hydrogens (tertiary/aromatic N) is 1. The van der Waals surface area contributed by atoms with Crippen LogP contribution in [-0.2, 0) is 0 Å². The predicted molar refractivity (Wildman–Crippen MR) is 37.8 cm³/mol. The predicted octanol–water partition coefficient (Wildman–Crippen LogP) is 1.76. The van der Waals surface area contributed by atoms with Gasteiger partial charge in [0.15, 0.2) is 0 Å². The van der Waals surface area contributed by atoms with Gasteiger partial charge in [0, 0.05) is 0 Å². The summed E-state index contributed by atoms with van der Waals surface area (Å²) >= 11 is 0. The monoisotopic (exact) mass is 153 g/mol. The van der Waals surface area contributed by atoms with Crippen LogP contribution >= 0.6 is 0 Å². The van der Waals surface area contributed by atoms with Gasteiger partial charge in [-0.2, -0.15) is 4.39 Å². The van der Waals surface area contributed by atoms with Crippen LogP contribution in [0.3, 0.4) is 0 Å². The maximum Gasteiger partial charge on any atom is 0.213 e. The fraction of sp³-hybridized carbons (Fsp3) is 0.375. The lowest BCUT2D eigenvalue weighted by atomic mass is 10.4. The molecule has 1 aromatic heterocycles. The molecular weight excluding hydrogens is 145 g/mol. The summed E-state index contributed by atoms with van der Waals surface area (Å²) in [5, 5.41) is 0. The van der Waals surface area contributed by atoms with Crippen LogP contribution in [0.25, 0.3) is 0 Å². The van der Waals surface area contributed by atoms with Crippen molar-refractivity contribution in [2.75, 3.05) is 0 Å². The zero-order chi connectivity index (χ0) is 7.68. The van der Waals surface area contributed by atoms with Crippen molar-refractivity contribution >= 4 is 0 Å². The summed E-state index contributed by atoms with van der Waals surface area (Å²) in [6.07, 6.45) is 3.98. The number of ether oxygens (including phenoxy) is 1. The van der Waals surface area contributed by atoms with Gasteiger partial charge in [-0.25, -0.2) is 4.98 Å². The van der Waals surface area contributed by atoms with Gasteiger partial charge in [0.1, 0.15) is 5.75 Å². The molecule has 2 rings (SSSR count). The summed E-state index contributed by atoms with van der Waals surface area (Å²) in [6, 6.07) is 2.90. The molecule has 0 spiro atoms. The van der Waals surface area contributed by atoms with E-state index in [1.807, 2.05) is 0 Å². The molecule has 1 aliphatic carbocycles. The molecule has 1 saturated carbocycles. The van der Waals surface area contributed by atoms with Gasteiger partial charge in [0.25, 0.3) is 0 Å². The summed E-state index contributed by atoms with van der Waals surface area (Å²) in [7, 11) is 0. The zero-order valence-electron chi connectivity index (χ0n) is 5.96. The Morgan fingerprint density at radius 1 is 1.45 bits per heavy atom. The van der Waals surface area contributed by atoms with Crippen LogP contribution in [0.15, 0.2) is 18.3 Å². The zero-order valence-corrected chi connectivity index (χ0v) is 5.96. The normalized spacial score (nSPS) is 16.5. The van der Waals surface area contributed by atoms with E-state index in [0.29, 0.717) is 11.9 Å². The second kappa shape index (κ2) is 2.49. The smallest absolute Gasteiger partial charge is 0.213 e. The minimum atomic E-state index is -0.465. The largest absolute Gasteiger partial charge is 0.489 e. The van der Waals surface area contributed by atoms with Gasteiger partial charge in [-0.1, -0.05) is 0 Å². The molecule has 0 unspecified atom stereocenters. The first-order chi connectivity index (χ1) is 5.34. The fourth-order valence-electron chi connectivity index (χ4n) is 0.810. The van der Waals surface area contributed by atoms with Crippen LogP contribution in [0, 0.1) is 5.95 Å². The van der Waals surface area contributed by atoms with Crippen LogP contribution in [0.5, 0.6) is 5.75 Å². The summed E-state index contributed by atoms with van der Waals surface area (Å²) in [6.45, 7) is 0. The average molecular weight is 153 g/mol. The van der Waals surface area contributed by atoms with Gasteiger partial charge >= 0.3 is 0 Å². The molecule has 3 heteroatoms. The molecular formula is C8H8FNO. The van der Waals surface area contributed by atoms with Crippen molar-refractivity contribution in [1.82, 2.24) is 4.98 Å². The van der Waals surface area contributed by atoms with Crippen molar-refractivity contribution in [3.05, 3.63) is 24.3 Å². The quantitative estimate of drug-likeness (QED) is 0.604. The summed E-state index contributed by atoms with van der Waals surface area (Å²) in [4.78, 5) is 3.47. The Balaban J connectivity index is 2.06. The highest BCUT2D eigenvalue weighted by atomic mass is 19.1. The van der Waals surface area contributed by atoms with Gasteiger partial charge < -0.3 is 4.74 Å². The lowest BCUT2D eigenvalue weighted by Crippen LogP contribution is -1.96. The van der Waals surface area contributed by atoms with Crippen LogP contribution < -0.4 is 4.74 Å². The summed E-state index contributed by atoms with van der Waals surface area (Å²) in [5.41, 5.74) is 0. The third kappa shape index (κ3) is 1.67. The highest BCUT2D eigenvalue weighted by Crippen LogP contribution is 2.25. The van der Waals surface area contributed by atoms with Crippen molar-refractivity contribution in [3.8, 4) is 5.75 Å². The molecule has 1 fully saturated rings. The van der Waals surface area contributed by atoms with E-state index in [4.69, 9.17) is 4.74 Å². The highest BCUT2D eigenvalue weighted by Gasteiger charge is 2.23. The Labute approximate surface area is 64.0 Å². The lowest BCUT2D eigenvalue weighted by molar-refractivity contribution is 0.301. The molecule has 1 heterocycles. The third-order valence-electron chi connectivity index (χ3n) is 1.53. The van der Waals surface area contributed by atoms with Crippen LogP contribution in [0.2, 0.25) is 0 Å². The molecule has 0 aromatic carbocycles. The molecule has 0 bridgehead atoms. The topological polar surface area (TPSA) is 22.1 Å². The molecule has 0 saturated heterocycles. The number of hydrogen-bond acceptors (Lipinski definition) is 2. The summed E-state index contributed by atoms with van der Waals surface area (Å²) < 4.78 is 17.6. The van der Waals surface area contributed by atoms with Gasteiger partial charge in [0.05, 0.1) is 12.3 Å². The molecule has 58 valence electrons. The first-order valence-corrected chi connectivity index (χ1v) is 3.63. The minimum Gasteiger partial charge on any atom is -0.489 e. The third-order valence-corrected chi connectivity index (χ3v) is 1.53. The Kier molecular flexibility index (Phi) is 1.49. The van der Waals surface area contributed by atoms with Crippen LogP contribution in [-0.4, -0.2) is 11.1 Å². The number of hydrogen-bond donors (Lipinski definition) is 0. The fourth-order valence-corrected chi connectivity index (χ4v) is 0.810. The van der Waals surface area contributed by atoms with E-state index < -0.39 is 5.95 Å². The van der Waals surface area contributed by atoms with E-state index in [1.165, 1.54) is 12.3 Å². The van der Waals surface area contributed by atoms with Gasteiger partial charge in [-0.3, -0.25) is 0 Å². The lowest BCUT2D eigenvalue weighted by Gasteiger charge is -2.01. The number of rotatable bonds is 2. The van der Waals surface area contributed by atoms with Crippen molar-refractivity contribution in [3.63, 3.8) is 0 Å². The second-order valence-corrected chi connectivity index (χ2v) is 2.63. The van der Waals surface area contributed by atoms with Crippen molar-refractivity contribution in [1.29, 1.82) is 0 Å². The molecule has 2 nitrogen and oxygen atoms in total. The molecule has 0 amide bonds. The molecule has 0 radical (unpaired) electrons. The maximum absolute atomic E-state index is 12.3. The maximum atomic E-state index is 12.3. The molecule has 11 heavy (non-hydrogen) atoms. The Hall–Kier alpha value is -1.12. The minimum absolute atomic E-state index is 0.349. The van der Waals surface area contributed by atoms with Crippen molar-refractivity contribution in [2.24, 2.45) is 0 Å². The van der Waals surface area contributed by atoms with E-state index in [-0.39, 0.29) is 0 Å². The van der Waals surface area contributed by atoms with Crippen LogP contribution in [0.4, 0.5) is 4.39 Å². The number of pyridine rings is 1. The molecule has 0 N–H and O–H groups in total. The van der Waals surface area contributed by atoms with Crippen molar-refractivity contribution in [2.45, 2.75) is 18.9 Å². The van der Waals surface area contributed by atoms with Crippen molar-refractivity contribution < 1.29 is 9.13 Å². The standard InChI is InChI=1S/C8H8FNO/c9-8-4-3-7(5-10-8)11-6-1-2-6/h3-6H,1-2H2. The number of halogens is 1. The molecule has 0 atom stereocenters. The Morgan fingerprint density at radius 2 is 2.27 bits per heavy atom.